The van der Waals surface area contributed by atoms with Gasteiger partial charge in [0.15, 0.2) is 0 Å². The number of hydrogen-bond acceptors (Lipinski definition) is 2. The maximum absolute atomic E-state index is 5.88. The smallest absolute Gasteiger partial charge is 0.0347 e. The first kappa shape index (κ1) is 12.6. The molecule has 1 aliphatic rings. The van der Waals surface area contributed by atoms with Gasteiger partial charge in [-0.05, 0) is 42.9 Å². The van der Waals surface area contributed by atoms with Gasteiger partial charge in [0.05, 0.1) is 0 Å². The van der Waals surface area contributed by atoms with Crippen molar-refractivity contribution in [2.75, 3.05) is 7.05 Å². The van der Waals surface area contributed by atoms with Gasteiger partial charge in [0, 0.05) is 12.1 Å². The molecular weight excluding hydrogens is 208 g/mol. The van der Waals surface area contributed by atoms with E-state index in [1.54, 1.807) is 0 Å². The van der Waals surface area contributed by atoms with Gasteiger partial charge in [-0.3, -0.25) is 0 Å². The van der Waals surface area contributed by atoms with Crippen LogP contribution in [-0.2, 0) is 0 Å². The van der Waals surface area contributed by atoms with Crippen molar-refractivity contribution in [3.63, 3.8) is 0 Å². The summed E-state index contributed by atoms with van der Waals surface area (Å²) in [5.74, 6) is 1.31. The Labute approximate surface area is 105 Å². The van der Waals surface area contributed by atoms with E-state index in [-0.39, 0.29) is 0 Å². The summed E-state index contributed by atoms with van der Waals surface area (Å²) in [6, 6.07) is 9.92. The van der Waals surface area contributed by atoms with Crippen molar-refractivity contribution >= 4 is 0 Å². The summed E-state index contributed by atoms with van der Waals surface area (Å²) in [5.41, 5.74) is 8.68. The Balaban J connectivity index is 2.09. The summed E-state index contributed by atoms with van der Waals surface area (Å²) in [6.45, 7) is 4.46. The molecule has 0 spiro atoms. The van der Waals surface area contributed by atoms with Crippen molar-refractivity contribution in [2.24, 2.45) is 11.7 Å². The number of hydrogen-bond donors (Lipinski definition) is 2. The van der Waals surface area contributed by atoms with Crippen LogP contribution in [0.15, 0.2) is 24.3 Å². The van der Waals surface area contributed by atoms with E-state index in [9.17, 15) is 0 Å². The molecule has 94 valence electrons. The second kappa shape index (κ2) is 5.19. The molecule has 1 atom stereocenters. The molecule has 0 bridgehead atoms. The van der Waals surface area contributed by atoms with Gasteiger partial charge in [-0.15, -0.1) is 0 Å². The maximum Gasteiger partial charge on any atom is 0.0347 e. The minimum atomic E-state index is 0.422. The molecule has 1 saturated carbocycles. The second-order valence-corrected chi connectivity index (χ2v) is 5.58. The molecule has 0 saturated heterocycles. The molecule has 0 heterocycles. The van der Waals surface area contributed by atoms with Crippen LogP contribution < -0.4 is 11.1 Å². The largest absolute Gasteiger partial charge is 0.328 e. The maximum atomic E-state index is 5.88. The molecule has 1 unspecified atom stereocenters. The summed E-state index contributed by atoms with van der Waals surface area (Å²) in [7, 11) is 2.05. The van der Waals surface area contributed by atoms with Crippen molar-refractivity contribution in [2.45, 2.75) is 44.7 Å². The molecule has 2 rings (SSSR count). The highest BCUT2D eigenvalue weighted by atomic mass is 14.9. The lowest BCUT2D eigenvalue weighted by atomic mass is 9.74. The average Bonchev–Trinajstić information content (AvgIpc) is 2.28. The fourth-order valence-electron chi connectivity index (χ4n) is 2.74. The monoisotopic (exact) mass is 232 g/mol. The van der Waals surface area contributed by atoms with Crippen LogP contribution >= 0.6 is 0 Å². The van der Waals surface area contributed by atoms with Gasteiger partial charge in [-0.2, -0.15) is 0 Å². The number of benzene rings is 1. The van der Waals surface area contributed by atoms with Gasteiger partial charge in [0.1, 0.15) is 0 Å². The topological polar surface area (TPSA) is 38.0 Å². The van der Waals surface area contributed by atoms with Crippen LogP contribution in [0, 0.1) is 5.92 Å². The molecule has 0 aromatic heterocycles. The Morgan fingerprint density at radius 3 is 2.06 bits per heavy atom. The zero-order valence-corrected chi connectivity index (χ0v) is 11.1. The number of nitrogens with two attached hydrogens (primary N) is 1. The average molecular weight is 232 g/mol. The molecular formula is C15H24N2. The fraction of sp³-hybridized carbons (Fsp3) is 0.600. The first-order valence-electron chi connectivity index (χ1n) is 6.64. The molecule has 0 radical (unpaired) electrons. The predicted molar refractivity (Wildman–Crippen MR) is 73.0 cm³/mol. The molecule has 17 heavy (non-hydrogen) atoms. The van der Waals surface area contributed by atoms with Crippen LogP contribution in [-0.4, -0.2) is 13.1 Å². The molecule has 1 aliphatic carbocycles. The van der Waals surface area contributed by atoms with Crippen molar-refractivity contribution < 1.29 is 0 Å². The van der Waals surface area contributed by atoms with E-state index < -0.39 is 0 Å². The summed E-state index contributed by atoms with van der Waals surface area (Å²) < 4.78 is 0. The Morgan fingerprint density at radius 1 is 1.12 bits per heavy atom. The third kappa shape index (κ3) is 2.70. The standard InChI is InChI=1S/C15H24N2/c1-10(2)11-4-6-12(7-5-11)15(17-3)13-8-14(16)9-13/h4-7,10,13-15,17H,8-9,16H2,1-3H3. The number of nitrogens with one attached hydrogen (secondary N) is 1. The van der Waals surface area contributed by atoms with Gasteiger partial charge in [0.25, 0.3) is 0 Å². The molecule has 2 heteroatoms. The van der Waals surface area contributed by atoms with Crippen LogP contribution in [0.25, 0.3) is 0 Å². The lowest BCUT2D eigenvalue weighted by Gasteiger charge is -2.38. The van der Waals surface area contributed by atoms with Crippen LogP contribution in [0.2, 0.25) is 0 Å². The molecule has 1 aromatic carbocycles. The first-order chi connectivity index (χ1) is 8.11. The number of rotatable bonds is 4. The highest BCUT2D eigenvalue weighted by Gasteiger charge is 2.32. The van der Waals surface area contributed by atoms with E-state index in [0.717, 1.165) is 12.8 Å². The minimum Gasteiger partial charge on any atom is -0.328 e. The van der Waals surface area contributed by atoms with E-state index in [0.29, 0.717) is 23.9 Å². The Kier molecular flexibility index (Phi) is 3.85. The SMILES string of the molecule is CNC(c1ccc(C(C)C)cc1)C1CC(N)C1. The fourth-order valence-corrected chi connectivity index (χ4v) is 2.74. The highest BCUT2D eigenvalue weighted by molar-refractivity contribution is 5.27. The van der Waals surface area contributed by atoms with Crippen LogP contribution in [0.1, 0.15) is 49.8 Å². The van der Waals surface area contributed by atoms with Gasteiger partial charge in [0.2, 0.25) is 0 Å². The molecule has 3 N–H and O–H groups in total. The van der Waals surface area contributed by atoms with Crippen molar-refractivity contribution in [1.82, 2.24) is 5.32 Å². The Morgan fingerprint density at radius 2 is 1.65 bits per heavy atom. The molecule has 1 aromatic rings. The van der Waals surface area contributed by atoms with E-state index >= 15 is 0 Å². The molecule has 0 aliphatic heterocycles. The molecule has 2 nitrogen and oxygen atoms in total. The van der Waals surface area contributed by atoms with Gasteiger partial charge >= 0.3 is 0 Å². The van der Waals surface area contributed by atoms with E-state index in [1.807, 2.05) is 7.05 Å². The van der Waals surface area contributed by atoms with Gasteiger partial charge in [-0.25, -0.2) is 0 Å². The summed E-state index contributed by atoms with van der Waals surface area (Å²) in [6.07, 6.45) is 2.30. The Hall–Kier alpha value is -0.860. The zero-order valence-electron chi connectivity index (χ0n) is 11.1. The van der Waals surface area contributed by atoms with Crippen molar-refractivity contribution in [3.8, 4) is 0 Å². The summed E-state index contributed by atoms with van der Waals surface area (Å²) >= 11 is 0. The van der Waals surface area contributed by atoms with Crippen LogP contribution in [0.5, 0.6) is 0 Å². The summed E-state index contributed by atoms with van der Waals surface area (Å²) in [4.78, 5) is 0. The summed E-state index contributed by atoms with van der Waals surface area (Å²) in [5, 5.41) is 3.43. The van der Waals surface area contributed by atoms with Crippen LogP contribution in [0.3, 0.4) is 0 Å². The van der Waals surface area contributed by atoms with E-state index in [4.69, 9.17) is 5.73 Å². The quantitative estimate of drug-likeness (QED) is 0.837. The second-order valence-electron chi connectivity index (χ2n) is 5.58. The normalized spacial score (nSPS) is 25.7. The predicted octanol–water partition coefficient (Wildman–Crippen LogP) is 2.81. The van der Waals surface area contributed by atoms with Crippen LogP contribution in [0.4, 0.5) is 0 Å². The lowest BCUT2D eigenvalue weighted by molar-refractivity contribution is 0.204. The lowest BCUT2D eigenvalue weighted by Crippen LogP contribution is -2.42. The third-order valence-electron chi connectivity index (χ3n) is 3.96. The highest BCUT2D eigenvalue weighted by Crippen LogP contribution is 2.37. The minimum absolute atomic E-state index is 0.422. The van der Waals surface area contributed by atoms with Gasteiger partial charge < -0.3 is 11.1 Å². The van der Waals surface area contributed by atoms with Crippen molar-refractivity contribution in [1.29, 1.82) is 0 Å². The Bertz CT molecular complexity index is 350. The molecule has 0 amide bonds. The van der Waals surface area contributed by atoms with Gasteiger partial charge in [-0.1, -0.05) is 38.1 Å². The first-order valence-corrected chi connectivity index (χ1v) is 6.64. The third-order valence-corrected chi connectivity index (χ3v) is 3.96. The van der Waals surface area contributed by atoms with E-state index in [2.05, 4.69) is 43.4 Å². The molecule has 1 fully saturated rings. The zero-order chi connectivity index (χ0) is 12.4. The van der Waals surface area contributed by atoms with Crippen molar-refractivity contribution in [3.05, 3.63) is 35.4 Å². The van der Waals surface area contributed by atoms with E-state index in [1.165, 1.54) is 11.1 Å².